The maximum Gasteiger partial charge on any atom is 0.238 e. The number of benzene rings is 1. The molecule has 1 aliphatic rings. The largest absolute Gasteiger partial charge is 0.494 e. The molecule has 0 aromatic heterocycles. The highest BCUT2D eigenvalue weighted by Gasteiger charge is 2.19. The Labute approximate surface area is 120 Å². The first-order chi connectivity index (χ1) is 9.58. The van der Waals surface area contributed by atoms with Gasteiger partial charge in [0, 0.05) is 18.3 Å². The molecule has 1 saturated heterocycles. The predicted molar refractivity (Wildman–Crippen MR) is 80.9 cm³/mol. The predicted octanol–water partition coefficient (Wildman–Crippen LogP) is 1.95. The molecule has 1 amide bonds. The first-order valence-electron chi connectivity index (χ1n) is 7.04. The third-order valence-electron chi connectivity index (χ3n) is 3.61. The fourth-order valence-corrected chi connectivity index (χ4v) is 2.63. The molecule has 5 nitrogen and oxygen atoms in total. The van der Waals surface area contributed by atoms with Gasteiger partial charge in [-0.2, -0.15) is 0 Å². The zero-order valence-corrected chi connectivity index (χ0v) is 12.2. The second-order valence-corrected chi connectivity index (χ2v) is 5.49. The molecule has 110 valence electrons. The summed E-state index contributed by atoms with van der Waals surface area (Å²) in [5.74, 6) is 1.25. The summed E-state index contributed by atoms with van der Waals surface area (Å²) in [5, 5.41) is 2.89. The van der Waals surface area contributed by atoms with Crippen LogP contribution in [0.2, 0.25) is 0 Å². The van der Waals surface area contributed by atoms with Crippen LogP contribution in [-0.2, 0) is 4.79 Å². The molecule has 20 heavy (non-hydrogen) atoms. The number of hydrogen-bond donors (Lipinski definition) is 2. The second kappa shape index (κ2) is 6.61. The minimum atomic E-state index is -0.0119. The van der Waals surface area contributed by atoms with E-state index < -0.39 is 0 Å². The maximum atomic E-state index is 12.1. The van der Waals surface area contributed by atoms with E-state index in [0.717, 1.165) is 13.1 Å². The lowest BCUT2D eigenvalue weighted by atomic mass is 10.0. The second-order valence-electron chi connectivity index (χ2n) is 5.49. The molecule has 0 aliphatic carbocycles. The normalized spacial score (nSPS) is 19.6. The Kier molecular flexibility index (Phi) is 4.84. The summed E-state index contributed by atoms with van der Waals surface area (Å²) in [6, 6.07) is 5.23. The molecule has 1 aromatic rings. The Morgan fingerprint density at radius 2 is 2.35 bits per heavy atom. The van der Waals surface area contributed by atoms with E-state index in [1.807, 2.05) is 0 Å². The van der Waals surface area contributed by atoms with E-state index in [4.69, 9.17) is 10.5 Å². The number of ether oxygens (including phenoxy) is 1. The van der Waals surface area contributed by atoms with Gasteiger partial charge < -0.3 is 15.8 Å². The van der Waals surface area contributed by atoms with E-state index in [-0.39, 0.29) is 5.91 Å². The van der Waals surface area contributed by atoms with Gasteiger partial charge in [-0.15, -0.1) is 0 Å². The number of methoxy groups -OCH3 is 1. The Morgan fingerprint density at radius 3 is 3.05 bits per heavy atom. The number of amides is 1. The lowest BCUT2D eigenvalue weighted by molar-refractivity contribution is -0.117. The minimum Gasteiger partial charge on any atom is -0.494 e. The molecule has 1 heterocycles. The number of nitrogens with zero attached hydrogens (tertiary/aromatic N) is 1. The minimum absolute atomic E-state index is 0.0119. The van der Waals surface area contributed by atoms with E-state index >= 15 is 0 Å². The quantitative estimate of drug-likeness (QED) is 0.825. The van der Waals surface area contributed by atoms with E-state index in [2.05, 4.69) is 17.1 Å². The van der Waals surface area contributed by atoms with Crippen molar-refractivity contribution in [1.29, 1.82) is 0 Å². The molecule has 2 rings (SSSR count). The Hall–Kier alpha value is -1.75. The molecule has 3 N–H and O–H groups in total. The van der Waals surface area contributed by atoms with Crippen molar-refractivity contribution in [3.63, 3.8) is 0 Å². The van der Waals surface area contributed by atoms with Crippen molar-refractivity contribution in [3.8, 4) is 5.75 Å². The van der Waals surface area contributed by atoms with Crippen molar-refractivity contribution < 1.29 is 9.53 Å². The van der Waals surface area contributed by atoms with E-state index in [1.165, 1.54) is 12.8 Å². The van der Waals surface area contributed by atoms with Crippen LogP contribution < -0.4 is 15.8 Å². The van der Waals surface area contributed by atoms with Crippen molar-refractivity contribution in [1.82, 2.24) is 4.90 Å². The lowest BCUT2D eigenvalue weighted by Gasteiger charge is -2.30. The van der Waals surface area contributed by atoms with Gasteiger partial charge in [0.05, 0.1) is 19.3 Å². The van der Waals surface area contributed by atoms with Crippen LogP contribution in [0.5, 0.6) is 5.75 Å². The Morgan fingerprint density at radius 1 is 1.55 bits per heavy atom. The average molecular weight is 277 g/mol. The number of carbonyl (C=O) groups excluding carboxylic acids is 1. The van der Waals surface area contributed by atoms with Crippen LogP contribution in [0.15, 0.2) is 18.2 Å². The van der Waals surface area contributed by atoms with Crippen LogP contribution in [-0.4, -0.2) is 37.6 Å². The first-order valence-corrected chi connectivity index (χ1v) is 7.04. The molecular weight excluding hydrogens is 254 g/mol. The van der Waals surface area contributed by atoms with Gasteiger partial charge in [-0.1, -0.05) is 6.92 Å². The van der Waals surface area contributed by atoms with Crippen LogP contribution >= 0.6 is 0 Å². The zero-order chi connectivity index (χ0) is 14.5. The summed E-state index contributed by atoms with van der Waals surface area (Å²) in [5.41, 5.74) is 6.98. The first kappa shape index (κ1) is 14.7. The number of rotatable bonds is 4. The molecule has 1 fully saturated rings. The number of nitrogen functional groups attached to an aromatic ring is 1. The third-order valence-corrected chi connectivity index (χ3v) is 3.61. The smallest absolute Gasteiger partial charge is 0.238 e. The van der Waals surface area contributed by atoms with Crippen LogP contribution in [0.3, 0.4) is 0 Å². The molecule has 1 aromatic carbocycles. The summed E-state index contributed by atoms with van der Waals surface area (Å²) < 4.78 is 5.23. The maximum absolute atomic E-state index is 12.1. The lowest BCUT2D eigenvalue weighted by Crippen LogP contribution is -2.39. The average Bonchev–Trinajstić information content (AvgIpc) is 2.40. The van der Waals surface area contributed by atoms with Gasteiger partial charge in [0.2, 0.25) is 5.91 Å². The summed E-state index contributed by atoms with van der Waals surface area (Å²) in [6.45, 7) is 4.65. The highest BCUT2D eigenvalue weighted by molar-refractivity contribution is 5.94. The van der Waals surface area contributed by atoms with Crippen molar-refractivity contribution >= 4 is 17.3 Å². The highest BCUT2D eigenvalue weighted by Crippen LogP contribution is 2.26. The zero-order valence-electron chi connectivity index (χ0n) is 12.2. The molecule has 0 spiro atoms. The molecule has 1 atom stereocenters. The van der Waals surface area contributed by atoms with Gasteiger partial charge in [0.1, 0.15) is 5.75 Å². The van der Waals surface area contributed by atoms with Crippen LogP contribution in [0.4, 0.5) is 11.4 Å². The van der Waals surface area contributed by atoms with Gasteiger partial charge in [-0.05, 0) is 37.4 Å². The van der Waals surface area contributed by atoms with E-state index in [0.29, 0.717) is 29.6 Å². The number of carbonyl (C=O) groups is 1. The molecule has 5 heteroatoms. The fourth-order valence-electron chi connectivity index (χ4n) is 2.63. The standard InChI is InChI=1S/C15H23N3O2/c1-11-4-3-7-18(9-11)10-15(19)17-13-6-5-12(16)8-14(13)20-2/h5-6,8,11H,3-4,7,9-10,16H2,1-2H3,(H,17,19). The van der Waals surface area contributed by atoms with Crippen molar-refractivity contribution in [2.24, 2.45) is 5.92 Å². The van der Waals surface area contributed by atoms with Crippen molar-refractivity contribution in [3.05, 3.63) is 18.2 Å². The van der Waals surface area contributed by atoms with Gasteiger partial charge in [0.15, 0.2) is 0 Å². The number of nitrogens with two attached hydrogens (primary N) is 1. The molecule has 1 unspecified atom stereocenters. The molecule has 0 bridgehead atoms. The van der Waals surface area contributed by atoms with Crippen LogP contribution in [0, 0.1) is 5.92 Å². The fraction of sp³-hybridized carbons (Fsp3) is 0.533. The summed E-state index contributed by atoms with van der Waals surface area (Å²) in [4.78, 5) is 14.3. The molecular formula is C15H23N3O2. The van der Waals surface area contributed by atoms with Crippen LogP contribution in [0.25, 0.3) is 0 Å². The van der Waals surface area contributed by atoms with Crippen LogP contribution in [0.1, 0.15) is 19.8 Å². The third kappa shape index (κ3) is 3.87. The number of hydrogen-bond acceptors (Lipinski definition) is 4. The van der Waals surface area contributed by atoms with E-state index in [1.54, 1.807) is 25.3 Å². The van der Waals surface area contributed by atoms with Gasteiger partial charge in [-0.3, -0.25) is 9.69 Å². The SMILES string of the molecule is COc1cc(N)ccc1NC(=O)CN1CCCC(C)C1. The van der Waals surface area contributed by atoms with Gasteiger partial charge in [-0.25, -0.2) is 0 Å². The molecule has 0 radical (unpaired) electrons. The topological polar surface area (TPSA) is 67.6 Å². The molecule has 1 aliphatic heterocycles. The molecule has 0 saturated carbocycles. The van der Waals surface area contributed by atoms with E-state index in [9.17, 15) is 4.79 Å². The van der Waals surface area contributed by atoms with Crippen molar-refractivity contribution in [2.75, 3.05) is 37.8 Å². The summed E-state index contributed by atoms with van der Waals surface area (Å²) >= 11 is 0. The summed E-state index contributed by atoms with van der Waals surface area (Å²) in [7, 11) is 1.57. The van der Waals surface area contributed by atoms with Gasteiger partial charge >= 0.3 is 0 Å². The Bertz CT molecular complexity index is 476. The van der Waals surface area contributed by atoms with Crippen molar-refractivity contribution in [2.45, 2.75) is 19.8 Å². The monoisotopic (exact) mass is 277 g/mol. The number of piperidine rings is 1. The highest BCUT2D eigenvalue weighted by atomic mass is 16.5. The van der Waals surface area contributed by atoms with Gasteiger partial charge in [0.25, 0.3) is 0 Å². The number of nitrogens with one attached hydrogen (secondary N) is 1. The summed E-state index contributed by atoms with van der Waals surface area (Å²) in [6.07, 6.45) is 2.42. The number of anilines is 2. The number of likely N-dealkylation sites (tertiary alicyclic amines) is 1. The Balaban J connectivity index is 1.94.